The van der Waals surface area contributed by atoms with E-state index in [1.165, 1.54) is 36.4 Å². The number of carbonyl (C=O) groups excluding carboxylic acids is 2. The summed E-state index contributed by atoms with van der Waals surface area (Å²) < 4.78 is 0. The van der Waals surface area contributed by atoms with Gasteiger partial charge < -0.3 is 10.6 Å². The number of thiazole rings is 1. The third kappa shape index (κ3) is 5.26. The predicted molar refractivity (Wildman–Crippen MR) is 105 cm³/mol. The number of aryl methyl sites for hydroxylation is 2. The molecule has 26 heavy (non-hydrogen) atoms. The Bertz CT molecular complexity index is 785. The number of fused-ring (bicyclic) bond motifs is 1. The van der Waals surface area contributed by atoms with E-state index in [9.17, 15) is 9.59 Å². The Kier molecular flexibility index (Phi) is 6.17. The molecule has 1 heterocycles. The zero-order valence-electron chi connectivity index (χ0n) is 14.9. The van der Waals surface area contributed by atoms with Crippen LogP contribution in [0, 0.1) is 0 Å². The number of amides is 2. The molecule has 2 amide bonds. The number of hydrogen-bond acceptors (Lipinski definition) is 4. The second-order valence-electron chi connectivity index (χ2n) is 6.36. The van der Waals surface area contributed by atoms with Gasteiger partial charge in [0.2, 0.25) is 11.8 Å². The molecule has 0 spiro atoms. The molecule has 0 unspecified atom stereocenters. The molecule has 1 aromatic carbocycles. The lowest BCUT2D eigenvalue weighted by Crippen LogP contribution is -2.23. The Balaban J connectivity index is 1.44. The number of carbonyl (C=O) groups is 2. The van der Waals surface area contributed by atoms with E-state index < -0.39 is 0 Å². The second kappa shape index (κ2) is 8.76. The van der Waals surface area contributed by atoms with E-state index in [-0.39, 0.29) is 11.8 Å². The summed E-state index contributed by atoms with van der Waals surface area (Å²) in [7, 11) is 0. The normalized spacial score (nSPS) is 13.4. The topological polar surface area (TPSA) is 71.1 Å². The fraction of sp³-hybridized carbons (Fsp3) is 0.350. The van der Waals surface area contributed by atoms with Gasteiger partial charge in [-0.1, -0.05) is 12.1 Å². The molecule has 1 aliphatic carbocycles. The number of benzene rings is 1. The highest BCUT2D eigenvalue weighted by Gasteiger charge is 2.14. The summed E-state index contributed by atoms with van der Waals surface area (Å²) in [6.07, 6.45) is 8.83. The molecule has 6 heteroatoms. The molecule has 136 valence electrons. The zero-order valence-corrected chi connectivity index (χ0v) is 15.7. The fourth-order valence-corrected chi connectivity index (χ4v) is 4.07. The Morgan fingerprint density at radius 1 is 1.19 bits per heavy atom. The third-order valence-electron chi connectivity index (χ3n) is 4.19. The highest BCUT2D eigenvalue weighted by Crippen LogP contribution is 2.26. The van der Waals surface area contributed by atoms with Gasteiger partial charge in [-0.25, -0.2) is 4.98 Å². The average molecular weight is 369 g/mol. The van der Waals surface area contributed by atoms with Gasteiger partial charge in [0.25, 0.3) is 0 Å². The first-order valence-corrected chi connectivity index (χ1v) is 9.73. The minimum absolute atomic E-state index is 0.103. The Labute approximate surface area is 157 Å². The van der Waals surface area contributed by atoms with Gasteiger partial charge in [0.15, 0.2) is 0 Å². The van der Waals surface area contributed by atoms with E-state index >= 15 is 0 Å². The van der Waals surface area contributed by atoms with Gasteiger partial charge in [-0.3, -0.25) is 9.59 Å². The first-order valence-electron chi connectivity index (χ1n) is 8.91. The molecule has 0 fully saturated rings. The van der Waals surface area contributed by atoms with Gasteiger partial charge in [0.05, 0.1) is 10.7 Å². The second-order valence-corrected chi connectivity index (χ2v) is 7.53. The van der Waals surface area contributed by atoms with Gasteiger partial charge >= 0.3 is 0 Å². The van der Waals surface area contributed by atoms with E-state index in [2.05, 4.69) is 15.6 Å². The summed E-state index contributed by atoms with van der Waals surface area (Å²) in [6, 6.07) is 7.33. The lowest BCUT2D eigenvalue weighted by Gasteiger charge is -2.06. The van der Waals surface area contributed by atoms with E-state index in [1.54, 1.807) is 17.4 Å². The molecule has 0 saturated carbocycles. The fourth-order valence-electron chi connectivity index (χ4n) is 2.92. The number of hydrogen-bond donors (Lipinski definition) is 2. The molecule has 0 saturated heterocycles. The van der Waals surface area contributed by atoms with Crippen LogP contribution in [0.1, 0.15) is 40.9 Å². The number of aromatic nitrogens is 1. The van der Waals surface area contributed by atoms with Crippen molar-refractivity contribution in [1.82, 2.24) is 10.3 Å². The third-order valence-corrected chi connectivity index (χ3v) is 5.40. The first-order chi connectivity index (χ1) is 12.6. The van der Waals surface area contributed by atoms with Crippen LogP contribution in [0.25, 0.3) is 6.08 Å². The lowest BCUT2D eigenvalue weighted by atomic mass is 10.0. The van der Waals surface area contributed by atoms with E-state index in [0.717, 1.165) is 35.5 Å². The molecular weight excluding hydrogens is 346 g/mol. The van der Waals surface area contributed by atoms with Crippen molar-refractivity contribution >= 4 is 34.9 Å². The summed E-state index contributed by atoms with van der Waals surface area (Å²) in [5.41, 5.74) is 2.91. The van der Waals surface area contributed by atoms with Crippen molar-refractivity contribution in [2.45, 2.75) is 39.0 Å². The molecule has 0 atom stereocenters. The maximum atomic E-state index is 11.9. The molecule has 0 radical (unpaired) electrons. The highest BCUT2D eigenvalue weighted by atomic mass is 32.1. The van der Waals surface area contributed by atoms with Crippen LogP contribution >= 0.6 is 11.3 Å². The summed E-state index contributed by atoms with van der Waals surface area (Å²) in [5.74, 6) is -0.217. The van der Waals surface area contributed by atoms with Crippen LogP contribution in [0.3, 0.4) is 0 Å². The monoisotopic (exact) mass is 369 g/mol. The van der Waals surface area contributed by atoms with Crippen LogP contribution in [-0.4, -0.2) is 23.3 Å². The molecule has 0 aliphatic heterocycles. The Morgan fingerprint density at radius 2 is 1.96 bits per heavy atom. The number of rotatable bonds is 6. The Hall–Kier alpha value is -2.47. The van der Waals surface area contributed by atoms with Crippen molar-refractivity contribution in [3.8, 4) is 0 Å². The van der Waals surface area contributed by atoms with Gasteiger partial charge in [0.1, 0.15) is 0 Å². The quantitative estimate of drug-likeness (QED) is 0.767. The average Bonchev–Trinajstić information content (AvgIpc) is 3.03. The van der Waals surface area contributed by atoms with Crippen LogP contribution in [0.4, 0.5) is 5.69 Å². The van der Waals surface area contributed by atoms with E-state index in [4.69, 9.17) is 0 Å². The van der Waals surface area contributed by atoms with Gasteiger partial charge in [-0.2, -0.15) is 0 Å². The molecule has 3 rings (SSSR count). The summed E-state index contributed by atoms with van der Waals surface area (Å²) in [6.45, 7) is 2.07. The maximum absolute atomic E-state index is 11.9. The van der Waals surface area contributed by atoms with Crippen molar-refractivity contribution in [2.24, 2.45) is 0 Å². The summed E-state index contributed by atoms with van der Waals surface area (Å²) in [4.78, 5) is 29.1. The summed E-state index contributed by atoms with van der Waals surface area (Å²) in [5, 5.41) is 6.73. The predicted octanol–water partition coefficient (Wildman–Crippen LogP) is 3.35. The maximum Gasteiger partial charge on any atom is 0.244 e. The smallest absolute Gasteiger partial charge is 0.244 e. The molecule has 1 aromatic heterocycles. The van der Waals surface area contributed by atoms with Crippen LogP contribution in [0.15, 0.2) is 30.3 Å². The number of nitrogens with one attached hydrogen (secondary N) is 2. The Morgan fingerprint density at radius 3 is 2.69 bits per heavy atom. The van der Waals surface area contributed by atoms with Gasteiger partial charge in [-0.15, -0.1) is 11.3 Å². The van der Waals surface area contributed by atoms with Crippen LogP contribution in [0.5, 0.6) is 0 Å². The molecule has 1 aliphatic rings. The minimum Gasteiger partial charge on any atom is -0.352 e. The molecule has 0 bridgehead atoms. The van der Waals surface area contributed by atoms with Crippen molar-refractivity contribution in [3.05, 3.63) is 51.5 Å². The zero-order chi connectivity index (χ0) is 18.4. The number of nitrogens with zero attached hydrogens (tertiary/aromatic N) is 1. The highest BCUT2D eigenvalue weighted by molar-refractivity contribution is 7.11. The van der Waals surface area contributed by atoms with E-state index in [0.29, 0.717) is 6.54 Å². The molecular formula is C20H23N3O2S. The first kappa shape index (κ1) is 18.3. The standard InChI is InChI=1S/C20H23N3O2S/c1-14(24)22-16-9-6-15(7-10-16)8-11-19(25)21-13-12-20-23-17-4-2-3-5-18(17)26-20/h6-11H,2-5,12-13H2,1H3,(H,21,25)(H,22,24)/b11-8+. The van der Waals surface area contributed by atoms with E-state index in [1.807, 2.05) is 24.3 Å². The lowest BCUT2D eigenvalue weighted by molar-refractivity contribution is -0.116. The molecule has 2 aromatic rings. The van der Waals surface area contributed by atoms with Crippen LogP contribution < -0.4 is 10.6 Å². The minimum atomic E-state index is -0.114. The van der Waals surface area contributed by atoms with Crippen LogP contribution in [0.2, 0.25) is 0 Å². The summed E-state index contributed by atoms with van der Waals surface area (Å²) >= 11 is 1.79. The number of anilines is 1. The molecule has 5 nitrogen and oxygen atoms in total. The van der Waals surface area contributed by atoms with Gasteiger partial charge in [-0.05, 0) is 49.5 Å². The molecule has 2 N–H and O–H groups in total. The van der Waals surface area contributed by atoms with Crippen LogP contribution in [-0.2, 0) is 28.9 Å². The van der Waals surface area contributed by atoms with Gasteiger partial charge in [0, 0.05) is 36.5 Å². The SMILES string of the molecule is CC(=O)Nc1ccc(/C=C/C(=O)NCCc2nc3c(s2)CCCC3)cc1. The van der Waals surface area contributed by atoms with Crippen molar-refractivity contribution < 1.29 is 9.59 Å². The van der Waals surface area contributed by atoms with Crippen molar-refractivity contribution in [1.29, 1.82) is 0 Å². The van der Waals surface area contributed by atoms with Crippen molar-refractivity contribution in [3.63, 3.8) is 0 Å². The largest absolute Gasteiger partial charge is 0.352 e. The van der Waals surface area contributed by atoms with Crippen molar-refractivity contribution in [2.75, 3.05) is 11.9 Å².